The summed E-state index contributed by atoms with van der Waals surface area (Å²) in [7, 11) is -3.42. The Balaban J connectivity index is 1.65. The highest BCUT2D eigenvalue weighted by atomic mass is 32.2. The zero-order valence-corrected chi connectivity index (χ0v) is 23.1. The van der Waals surface area contributed by atoms with Gasteiger partial charge in [0, 0.05) is 29.0 Å². The Labute approximate surface area is 227 Å². The van der Waals surface area contributed by atoms with Crippen molar-refractivity contribution < 1.29 is 12.8 Å². The van der Waals surface area contributed by atoms with E-state index in [4.69, 9.17) is 12.2 Å². The zero-order chi connectivity index (χ0) is 27.2. The van der Waals surface area contributed by atoms with Crippen LogP contribution in [0.25, 0.3) is 5.69 Å². The molecule has 1 aliphatic rings. The van der Waals surface area contributed by atoms with E-state index in [1.165, 1.54) is 12.1 Å². The van der Waals surface area contributed by atoms with Gasteiger partial charge >= 0.3 is 0 Å². The molecular weight excluding hydrogens is 521 g/mol. The number of aromatic nitrogens is 2. The fourth-order valence-corrected chi connectivity index (χ4v) is 6.13. The van der Waals surface area contributed by atoms with Crippen molar-refractivity contribution in [1.29, 1.82) is 0 Å². The van der Waals surface area contributed by atoms with E-state index in [1.54, 1.807) is 18.3 Å². The summed E-state index contributed by atoms with van der Waals surface area (Å²) in [6, 6.07) is 19.4. The van der Waals surface area contributed by atoms with Crippen LogP contribution in [0.1, 0.15) is 40.3 Å². The Morgan fingerprint density at radius 2 is 1.79 bits per heavy atom. The number of hydrogen-bond acceptors (Lipinski definition) is 4. The highest BCUT2D eigenvalue weighted by molar-refractivity contribution is 7.92. The van der Waals surface area contributed by atoms with E-state index in [0.29, 0.717) is 10.8 Å². The van der Waals surface area contributed by atoms with Gasteiger partial charge in [0.15, 0.2) is 5.11 Å². The molecule has 2 atom stereocenters. The molecule has 0 aliphatic carbocycles. The SMILES string of the molecule is Cc1cc(N2C(=S)N[C@@H](c3ccccn3)[C@@H]2c2cc(C)n(-c3cccc(F)c3)c2C)ccc1NS(C)(=O)=O. The maximum Gasteiger partial charge on any atom is 0.229 e. The maximum absolute atomic E-state index is 14.1. The van der Waals surface area contributed by atoms with Crippen molar-refractivity contribution >= 4 is 38.7 Å². The second kappa shape index (κ2) is 9.85. The number of nitrogens with zero attached hydrogens (tertiary/aromatic N) is 3. The van der Waals surface area contributed by atoms with Crippen LogP contribution in [0.3, 0.4) is 0 Å². The summed E-state index contributed by atoms with van der Waals surface area (Å²) in [5, 5.41) is 3.99. The van der Waals surface area contributed by atoms with Crippen LogP contribution in [0.5, 0.6) is 0 Å². The van der Waals surface area contributed by atoms with Gasteiger partial charge in [0.25, 0.3) is 0 Å². The lowest BCUT2D eigenvalue weighted by atomic mass is 9.96. The number of rotatable bonds is 6. The molecule has 0 bridgehead atoms. The topological polar surface area (TPSA) is 79.3 Å². The van der Waals surface area contributed by atoms with Crippen LogP contribution >= 0.6 is 12.2 Å². The minimum Gasteiger partial charge on any atom is -0.351 e. The van der Waals surface area contributed by atoms with Crippen LogP contribution in [-0.4, -0.2) is 29.3 Å². The van der Waals surface area contributed by atoms with Crippen molar-refractivity contribution in [2.45, 2.75) is 32.9 Å². The van der Waals surface area contributed by atoms with Crippen molar-refractivity contribution in [2.24, 2.45) is 0 Å². The number of anilines is 2. The lowest BCUT2D eigenvalue weighted by Gasteiger charge is -2.29. The Hall–Kier alpha value is -3.76. The van der Waals surface area contributed by atoms with E-state index in [2.05, 4.69) is 21.1 Å². The lowest BCUT2D eigenvalue weighted by Crippen LogP contribution is -2.29. The smallest absolute Gasteiger partial charge is 0.229 e. The molecule has 0 saturated carbocycles. The third kappa shape index (κ3) is 4.89. The van der Waals surface area contributed by atoms with Crippen molar-refractivity contribution in [2.75, 3.05) is 15.9 Å². The van der Waals surface area contributed by atoms with Crippen LogP contribution in [-0.2, 0) is 10.0 Å². The molecule has 10 heteroatoms. The van der Waals surface area contributed by atoms with Gasteiger partial charge in [0.1, 0.15) is 5.82 Å². The quantitative estimate of drug-likeness (QED) is 0.310. The van der Waals surface area contributed by atoms with Gasteiger partial charge in [-0.25, -0.2) is 12.8 Å². The first-order chi connectivity index (χ1) is 18.0. The molecule has 1 fully saturated rings. The Kier molecular flexibility index (Phi) is 6.70. The highest BCUT2D eigenvalue weighted by Crippen LogP contribution is 2.44. The maximum atomic E-state index is 14.1. The summed E-state index contributed by atoms with van der Waals surface area (Å²) < 4.78 is 42.3. The third-order valence-electron chi connectivity index (χ3n) is 6.74. The summed E-state index contributed by atoms with van der Waals surface area (Å²) in [6.45, 7) is 5.87. The molecule has 0 unspecified atom stereocenters. The molecule has 7 nitrogen and oxygen atoms in total. The molecule has 4 aromatic rings. The summed E-state index contributed by atoms with van der Waals surface area (Å²) in [4.78, 5) is 6.66. The van der Waals surface area contributed by atoms with Crippen molar-refractivity contribution in [3.05, 3.63) is 107 Å². The first-order valence-corrected chi connectivity index (χ1v) is 14.4. The molecule has 5 rings (SSSR count). The summed E-state index contributed by atoms with van der Waals surface area (Å²) in [6.07, 6.45) is 2.88. The van der Waals surface area contributed by atoms with Crippen LogP contribution in [0.4, 0.5) is 15.8 Å². The predicted molar refractivity (Wildman–Crippen MR) is 153 cm³/mol. The average molecular weight is 550 g/mol. The van der Waals surface area contributed by atoms with Crippen molar-refractivity contribution in [3.8, 4) is 5.69 Å². The Bertz CT molecular complexity index is 1640. The highest BCUT2D eigenvalue weighted by Gasteiger charge is 2.42. The molecule has 1 saturated heterocycles. The van der Waals surface area contributed by atoms with E-state index in [1.807, 2.05) is 66.6 Å². The Morgan fingerprint density at radius 1 is 1.00 bits per heavy atom. The number of pyridine rings is 1. The molecule has 3 heterocycles. The Morgan fingerprint density at radius 3 is 2.45 bits per heavy atom. The molecule has 0 spiro atoms. The standard InChI is InChI=1S/C28H28FN5O2S2/c1-17-14-22(11-12-24(17)32-38(4,35)36)34-27(26(31-28(34)37)25-10-5-6-13-30-25)23-15-18(2)33(19(23)3)21-9-7-8-20(29)16-21/h5-16,26-27,32H,1-4H3,(H,31,37)/t26-,27-/m0/s1. The van der Waals surface area contributed by atoms with E-state index in [-0.39, 0.29) is 17.9 Å². The number of sulfonamides is 1. The first kappa shape index (κ1) is 25.9. The lowest BCUT2D eigenvalue weighted by molar-refractivity contribution is 0.565. The molecular formula is C28H28FN5O2S2. The van der Waals surface area contributed by atoms with Gasteiger partial charge in [-0.2, -0.15) is 0 Å². The molecule has 1 aliphatic heterocycles. The molecule has 0 radical (unpaired) electrons. The summed E-state index contributed by atoms with van der Waals surface area (Å²) in [5.41, 5.74) is 6.62. The minimum atomic E-state index is -3.42. The summed E-state index contributed by atoms with van der Waals surface area (Å²) in [5.74, 6) is -0.300. The van der Waals surface area contributed by atoms with Gasteiger partial charge in [-0.15, -0.1) is 0 Å². The molecule has 2 aromatic heterocycles. The third-order valence-corrected chi connectivity index (χ3v) is 7.64. The van der Waals surface area contributed by atoms with Crippen LogP contribution in [0, 0.1) is 26.6 Å². The van der Waals surface area contributed by atoms with E-state index >= 15 is 0 Å². The number of halogens is 1. The van der Waals surface area contributed by atoms with Crippen LogP contribution in [0.2, 0.25) is 0 Å². The van der Waals surface area contributed by atoms with Crippen LogP contribution in [0.15, 0.2) is 72.9 Å². The molecule has 196 valence electrons. The van der Waals surface area contributed by atoms with Crippen LogP contribution < -0.4 is 14.9 Å². The van der Waals surface area contributed by atoms with Gasteiger partial charge in [0.05, 0.1) is 29.7 Å². The minimum absolute atomic E-state index is 0.251. The van der Waals surface area contributed by atoms with Crippen molar-refractivity contribution in [1.82, 2.24) is 14.9 Å². The van der Waals surface area contributed by atoms with E-state index in [9.17, 15) is 12.8 Å². The van der Waals surface area contributed by atoms with Gasteiger partial charge in [-0.05, 0) is 98.7 Å². The fraction of sp³-hybridized carbons (Fsp3) is 0.214. The normalized spacial score (nSPS) is 17.5. The molecule has 0 amide bonds. The van der Waals surface area contributed by atoms with Gasteiger partial charge in [-0.1, -0.05) is 12.1 Å². The average Bonchev–Trinajstić information content (AvgIpc) is 3.35. The number of thiocarbonyl (C=S) groups is 1. The largest absolute Gasteiger partial charge is 0.351 e. The van der Waals surface area contributed by atoms with Gasteiger partial charge < -0.3 is 14.8 Å². The molecule has 38 heavy (non-hydrogen) atoms. The van der Waals surface area contributed by atoms with E-state index in [0.717, 1.165) is 45.8 Å². The number of nitrogens with one attached hydrogen (secondary N) is 2. The predicted octanol–water partition coefficient (Wildman–Crippen LogP) is 5.49. The monoisotopic (exact) mass is 549 g/mol. The van der Waals surface area contributed by atoms with Crippen molar-refractivity contribution in [3.63, 3.8) is 0 Å². The second-order valence-corrected chi connectivity index (χ2v) is 11.6. The van der Waals surface area contributed by atoms with Gasteiger partial charge in [0.2, 0.25) is 10.0 Å². The molecule has 2 aromatic carbocycles. The number of hydrogen-bond donors (Lipinski definition) is 2. The zero-order valence-electron chi connectivity index (χ0n) is 21.4. The van der Waals surface area contributed by atoms with Gasteiger partial charge in [-0.3, -0.25) is 9.71 Å². The van der Waals surface area contributed by atoms with E-state index < -0.39 is 10.0 Å². The summed E-state index contributed by atoms with van der Waals surface area (Å²) >= 11 is 5.85. The fourth-order valence-electron chi connectivity index (χ4n) is 5.16. The second-order valence-electron chi connectivity index (χ2n) is 9.51. The number of benzene rings is 2. The first-order valence-electron chi connectivity index (χ1n) is 12.1. The number of aryl methyl sites for hydroxylation is 2. The molecule has 2 N–H and O–H groups in total.